The van der Waals surface area contributed by atoms with Gasteiger partial charge in [-0.2, -0.15) is 0 Å². The quantitative estimate of drug-likeness (QED) is 0.260. The van der Waals surface area contributed by atoms with Crippen LogP contribution in [0.4, 0.5) is 17.2 Å². The zero-order chi connectivity index (χ0) is 21.3. The van der Waals surface area contributed by atoms with Crippen LogP contribution in [0.1, 0.15) is 34.5 Å². The summed E-state index contributed by atoms with van der Waals surface area (Å²) >= 11 is 2.79. The number of carbonyl (C=O) groups is 1. The van der Waals surface area contributed by atoms with Crippen molar-refractivity contribution < 1.29 is 9.72 Å². The predicted octanol–water partition coefficient (Wildman–Crippen LogP) is 4.87. The number of anilines is 2. The Morgan fingerprint density at radius 3 is 2.73 bits per heavy atom. The molecule has 0 unspecified atom stereocenters. The van der Waals surface area contributed by atoms with Gasteiger partial charge in [0.05, 0.1) is 26.4 Å². The lowest BCUT2D eigenvalue weighted by Crippen LogP contribution is -2.30. The van der Waals surface area contributed by atoms with Crippen molar-refractivity contribution in [3.63, 3.8) is 0 Å². The number of fused-ring (bicyclic) bond motifs is 1. The van der Waals surface area contributed by atoms with Crippen LogP contribution in [0.2, 0.25) is 0 Å². The van der Waals surface area contributed by atoms with E-state index in [9.17, 15) is 14.9 Å². The van der Waals surface area contributed by atoms with Crippen molar-refractivity contribution in [1.29, 1.82) is 0 Å². The normalized spacial score (nSPS) is 14.1. The monoisotopic (exact) mass is 443 g/mol. The molecule has 0 radical (unpaired) electrons. The molecule has 3 heterocycles. The van der Waals surface area contributed by atoms with Gasteiger partial charge in [0, 0.05) is 19.2 Å². The van der Waals surface area contributed by atoms with Gasteiger partial charge in [0.15, 0.2) is 5.16 Å². The van der Waals surface area contributed by atoms with Gasteiger partial charge >= 0.3 is 0 Å². The maximum absolute atomic E-state index is 12.9. The number of aromatic nitrogens is 2. The van der Waals surface area contributed by atoms with Crippen LogP contribution < -0.4 is 10.2 Å². The van der Waals surface area contributed by atoms with E-state index < -0.39 is 4.92 Å². The summed E-state index contributed by atoms with van der Waals surface area (Å²) < 4.78 is 0. The highest BCUT2D eigenvalue weighted by atomic mass is 32.2. The van der Waals surface area contributed by atoms with E-state index in [4.69, 9.17) is 4.98 Å². The van der Waals surface area contributed by atoms with Crippen molar-refractivity contribution in [3.8, 4) is 0 Å². The maximum Gasteiger partial charge on any atom is 0.274 e. The molecule has 0 atom stereocenters. The van der Waals surface area contributed by atoms with Crippen molar-refractivity contribution in [2.24, 2.45) is 0 Å². The Balaban J connectivity index is 1.69. The molecule has 1 aliphatic heterocycles. The molecule has 1 fully saturated rings. The standard InChI is InChI=1S/C20H21N5O3S2/c1-12-14(7-6-8-15(12)25(27)28)21-18(26)16-11-13-17(24-9-4-3-5-10-24)22-20(29-2)23-19(13)30-16/h6-8,11H,3-5,9-10H2,1-2H3,(H,21,26). The third kappa shape index (κ3) is 3.97. The summed E-state index contributed by atoms with van der Waals surface area (Å²) in [6.07, 6.45) is 5.42. The highest BCUT2D eigenvalue weighted by molar-refractivity contribution is 7.98. The first-order chi connectivity index (χ1) is 14.5. The number of thiophene rings is 1. The Morgan fingerprint density at radius 2 is 2.03 bits per heavy atom. The zero-order valence-corrected chi connectivity index (χ0v) is 18.3. The molecule has 0 spiro atoms. The molecule has 4 rings (SSSR count). The van der Waals surface area contributed by atoms with Gasteiger partial charge in [-0.15, -0.1) is 11.3 Å². The van der Waals surface area contributed by atoms with Crippen molar-refractivity contribution in [1.82, 2.24) is 9.97 Å². The molecule has 8 nitrogen and oxygen atoms in total. The topological polar surface area (TPSA) is 101 Å². The highest BCUT2D eigenvalue weighted by Crippen LogP contribution is 2.34. The number of piperidine rings is 1. The second-order valence-corrected chi connectivity index (χ2v) is 8.88. The van der Waals surface area contributed by atoms with Crippen molar-refractivity contribution >= 4 is 56.4 Å². The fraction of sp³-hybridized carbons (Fsp3) is 0.350. The fourth-order valence-corrected chi connectivity index (χ4v) is 4.92. The number of nitrogens with one attached hydrogen (secondary N) is 1. The molecule has 0 aliphatic carbocycles. The molecular weight excluding hydrogens is 422 g/mol. The molecule has 3 aromatic rings. The Hall–Kier alpha value is -2.72. The molecule has 156 valence electrons. The first-order valence-corrected chi connectivity index (χ1v) is 11.7. The Labute approximate surface area is 181 Å². The van der Waals surface area contributed by atoms with E-state index >= 15 is 0 Å². The van der Waals surface area contributed by atoms with Gasteiger partial charge in [-0.05, 0) is 44.6 Å². The minimum atomic E-state index is -0.450. The molecule has 1 amide bonds. The van der Waals surface area contributed by atoms with Gasteiger partial charge in [-0.1, -0.05) is 17.8 Å². The highest BCUT2D eigenvalue weighted by Gasteiger charge is 2.22. The van der Waals surface area contributed by atoms with Crippen LogP contribution in [-0.4, -0.2) is 40.1 Å². The van der Waals surface area contributed by atoms with Crippen LogP contribution in [0.15, 0.2) is 29.4 Å². The van der Waals surface area contributed by atoms with Crippen LogP contribution in [0.25, 0.3) is 10.2 Å². The number of nitrogens with zero attached hydrogens (tertiary/aromatic N) is 4. The number of nitro benzene ring substituents is 1. The number of hydrogen-bond acceptors (Lipinski definition) is 8. The van der Waals surface area contributed by atoms with Crippen LogP contribution in [-0.2, 0) is 0 Å². The van der Waals surface area contributed by atoms with Crippen LogP contribution >= 0.6 is 23.1 Å². The number of carbonyl (C=O) groups excluding carboxylic acids is 1. The molecule has 1 N–H and O–H groups in total. The summed E-state index contributed by atoms with van der Waals surface area (Å²) in [5, 5.41) is 15.5. The van der Waals surface area contributed by atoms with Crippen LogP contribution in [0, 0.1) is 17.0 Å². The molecule has 0 bridgehead atoms. The fourth-order valence-electron chi connectivity index (χ4n) is 3.58. The summed E-state index contributed by atoms with van der Waals surface area (Å²) in [6, 6.07) is 6.49. The lowest BCUT2D eigenvalue weighted by Gasteiger charge is -2.28. The Morgan fingerprint density at radius 1 is 1.27 bits per heavy atom. The number of amides is 1. The van der Waals surface area contributed by atoms with E-state index in [1.54, 1.807) is 19.1 Å². The van der Waals surface area contributed by atoms with Crippen LogP contribution in [0.3, 0.4) is 0 Å². The third-order valence-corrected chi connectivity index (χ3v) is 6.74. The van der Waals surface area contributed by atoms with Gasteiger partial charge in [0.2, 0.25) is 0 Å². The predicted molar refractivity (Wildman–Crippen MR) is 121 cm³/mol. The van der Waals surface area contributed by atoms with E-state index in [0.717, 1.165) is 42.0 Å². The molecule has 10 heteroatoms. The zero-order valence-electron chi connectivity index (χ0n) is 16.7. The van der Waals surface area contributed by atoms with Gasteiger partial charge in [0.25, 0.3) is 11.6 Å². The summed E-state index contributed by atoms with van der Waals surface area (Å²) in [5.74, 6) is 0.572. The van der Waals surface area contributed by atoms with E-state index in [1.807, 2.05) is 12.3 Å². The number of hydrogen-bond donors (Lipinski definition) is 1. The summed E-state index contributed by atoms with van der Waals surface area (Å²) in [7, 11) is 0. The second kappa shape index (κ2) is 8.57. The largest absolute Gasteiger partial charge is 0.356 e. The van der Waals surface area contributed by atoms with Crippen LogP contribution in [0.5, 0.6) is 0 Å². The van der Waals surface area contributed by atoms with Gasteiger partial charge in [-0.3, -0.25) is 14.9 Å². The molecule has 1 saturated heterocycles. The smallest absolute Gasteiger partial charge is 0.274 e. The van der Waals surface area contributed by atoms with Crippen molar-refractivity contribution in [3.05, 3.63) is 44.8 Å². The van der Waals surface area contributed by atoms with Crippen molar-refractivity contribution in [2.45, 2.75) is 31.3 Å². The summed E-state index contributed by atoms with van der Waals surface area (Å²) in [6.45, 7) is 3.53. The summed E-state index contributed by atoms with van der Waals surface area (Å²) in [5.41, 5.74) is 0.834. The number of benzene rings is 1. The SMILES string of the molecule is CSc1nc(N2CCCCC2)c2cc(C(=O)Nc3cccc([N+](=O)[O-])c3C)sc2n1. The van der Waals surface area contributed by atoms with Crippen molar-refractivity contribution in [2.75, 3.05) is 29.6 Å². The van der Waals surface area contributed by atoms with E-state index in [2.05, 4.69) is 15.2 Å². The molecule has 1 aliphatic rings. The number of rotatable bonds is 5. The molecule has 0 saturated carbocycles. The molecule has 2 aromatic heterocycles. The average molecular weight is 444 g/mol. The Bertz CT molecular complexity index is 1130. The first-order valence-electron chi connectivity index (χ1n) is 9.64. The van der Waals surface area contributed by atoms with Gasteiger partial charge < -0.3 is 10.2 Å². The molecule has 1 aromatic carbocycles. The van der Waals surface area contributed by atoms with Gasteiger partial charge in [-0.25, -0.2) is 9.97 Å². The lowest BCUT2D eigenvalue weighted by molar-refractivity contribution is -0.385. The maximum atomic E-state index is 12.9. The molecular formula is C20H21N5O3S2. The van der Waals surface area contributed by atoms with E-state index in [0.29, 0.717) is 21.3 Å². The lowest BCUT2D eigenvalue weighted by atomic mass is 10.1. The number of nitro groups is 1. The molecule has 30 heavy (non-hydrogen) atoms. The Kier molecular flexibility index (Phi) is 5.87. The van der Waals surface area contributed by atoms with Gasteiger partial charge in [0.1, 0.15) is 10.6 Å². The first kappa shape index (κ1) is 20.5. The second-order valence-electron chi connectivity index (χ2n) is 7.07. The average Bonchev–Trinajstić information content (AvgIpc) is 3.19. The minimum Gasteiger partial charge on any atom is -0.356 e. The summed E-state index contributed by atoms with van der Waals surface area (Å²) in [4.78, 5) is 36.5. The van der Waals surface area contributed by atoms with E-state index in [1.165, 1.54) is 35.6 Å². The third-order valence-electron chi connectivity index (χ3n) is 5.16. The number of thioether (sulfide) groups is 1. The minimum absolute atomic E-state index is 0.0213. The van der Waals surface area contributed by atoms with E-state index in [-0.39, 0.29) is 11.6 Å².